The number of nitrogens with zero attached hydrogens (tertiary/aromatic N) is 2. The zero-order valence-corrected chi connectivity index (χ0v) is 11.1. The summed E-state index contributed by atoms with van der Waals surface area (Å²) in [5, 5.41) is 17.5. The van der Waals surface area contributed by atoms with Crippen molar-refractivity contribution in [2.24, 2.45) is 0 Å². The van der Waals surface area contributed by atoms with E-state index in [1.165, 1.54) is 29.7 Å². The Morgan fingerprint density at radius 1 is 1.25 bits per heavy atom. The molecular formula is C13H11FN4OS. The van der Waals surface area contributed by atoms with E-state index in [1.54, 1.807) is 18.3 Å². The van der Waals surface area contributed by atoms with Crippen molar-refractivity contribution in [2.75, 3.05) is 5.73 Å². The molecule has 0 amide bonds. The van der Waals surface area contributed by atoms with E-state index in [-0.39, 0.29) is 5.82 Å². The number of thiazole rings is 1. The molecule has 1 atom stereocenters. The molecule has 3 aromatic rings. The summed E-state index contributed by atoms with van der Waals surface area (Å²) in [5.41, 5.74) is 7.55. The van der Waals surface area contributed by atoms with Gasteiger partial charge in [-0.25, -0.2) is 9.37 Å². The lowest BCUT2D eigenvalue weighted by atomic mass is 10.0. The number of hydrogen-bond donors (Lipinski definition) is 3. The molecule has 1 unspecified atom stereocenters. The summed E-state index contributed by atoms with van der Waals surface area (Å²) in [4.78, 5) is 4.55. The minimum atomic E-state index is -0.872. The minimum absolute atomic E-state index is 0.314. The van der Waals surface area contributed by atoms with Crippen LogP contribution < -0.4 is 5.73 Å². The second kappa shape index (κ2) is 5.03. The molecule has 0 bridgehead atoms. The van der Waals surface area contributed by atoms with Gasteiger partial charge in [0.2, 0.25) is 0 Å². The topological polar surface area (TPSA) is 87.8 Å². The largest absolute Gasteiger partial charge is 0.383 e. The molecule has 4 N–H and O–H groups in total. The molecular weight excluding hydrogens is 279 g/mol. The number of H-pyrrole nitrogens is 1. The standard InChI is InChI=1S/C13H11FN4OS/c14-8-3-1-7(2-4-8)11-9(5-17-18-11)12(19)10-6-16-13(15)20-10/h1-6,12,19H,(H2,15,16)(H,17,18). The zero-order valence-electron chi connectivity index (χ0n) is 10.2. The van der Waals surface area contributed by atoms with Gasteiger partial charge in [-0.1, -0.05) is 11.3 Å². The van der Waals surface area contributed by atoms with Crippen LogP contribution in [0.15, 0.2) is 36.7 Å². The smallest absolute Gasteiger partial charge is 0.180 e. The average Bonchev–Trinajstić information content (AvgIpc) is 3.07. The Balaban J connectivity index is 1.99. The number of anilines is 1. The fourth-order valence-corrected chi connectivity index (χ4v) is 2.62. The summed E-state index contributed by atoms with van der Waals surface area (Å²) >= 11 is 1.22. The molecule has 0 aliphatic carbocycles. The highest BCUT2D eigenvalue weighted by Gasteiger charge is 2.19. The van der Waals surface area contributed by atoms with Gasteiger partial charge in [0.1, 0.15) is 11.9 Å². The van der Waals surface area contributed by atoms with Gasteiger partial charge in [0.05, 0.1) is 16.8 Å². The first-order valence-corrected chi connectivity index (χ1v) is 6.65. The van der Waals surface area contributed by atoms with Crippen LogP contribution in [0.2, 0.25) is 0 Å². The molecule has 0 fully saturated rings. The molecule has 0 spiro atoms. The monoisotopic (exact) mass is 290 g/mol. The van der Waals surface area contributed by atoms with E-state index in [9.17, 15) is 9.50 Å². The predicted molar refractivity (Wildman–Crippen MR) is 74.6 cm³/mol. The van der Waals surface area contributed by atoms with Crippen molar-refractivity contribution in [2.45, 2.75) is 6.10 Å². The molecule has 7 heteroatoms. The molecule has 0 aliphatic rings. The van der Waals surface area contributed by atoms with Crippen molar-refractivity contribution in [3.8, 4) is 11.3 Å². The lowest BCUT2D eigenvalue weighted by Gasteiger charge is -2.08. The second-order valence-electron chi connectivity index (χ2n) is 4.21. The average molecular weight is 290 g/mol. The van der Waals surface area contributed by atoms with Crippen LogP contribution in [0.25, 0.3) is 11.3 Å². The van der Waals surface area contributed by atoms with Crippen molar-refractivity contribution >= 4 is 16.5 Å². The number of aliphatic hydroxyl groups is 1. The Hall–Kier alpha value is -2.25. The van der Waals surface area contributed by atoms with Crippen molar-refractivity contribution in [3.05, 3.63) is 52.9 Å². The van der Waals surface area contributed by atoms with E-state index in [0.29, 0.717) is 21.3 Å². The van der Waals surface area contributed by atoms with E-state index < -0.39 is 6.10 Å². The Morgan fingerprint density at radius 3 is 2.65 bits per heavy atom. The SMILES string of the molecule is Nc1ncc(C(O)c2cn[nH]c2-c2ccc(F)cc2)s1. The van der Waals surface area contributed by atoms with Crippen molar-refractivity contribution < 1.29 is 9.50 Å². The number of aliphatic hydroxyl groups excluding tert-OH is 1. The Morgan fingerprint density at radius 2 is 2.00 bits per heavy atom. The predicted octanol–water partition coefficient (Wildman–Crippen LogP) is 2.34. The molecule has 1 aromatic carbocycles. The highest BCUT2D eigenvalue weighted by Crippen LogP contribution is 2.33. The van der Waals surface area contributed by atoms with Crippen molar-refractivity contribution in [1.29, 1.82) is 0 Å². The molecule has 5 nitrogen and oxygen atoms in total. The zero-order chi connectivity index (χ0) is 14.1. The van der Waals surface area contributed by atoms with E-state index in [4.69, 9.17) is 5.73 Å². The van der Waals surface area contributed by atoms with Crippen LogP contribution in [0.5, 0.6) is 0 Å². The Labute approximate surface area is 117 Å². The number of aromatic amines is 1. The van der Waals surface area contributed by atoms with Crippen molar-refractivity contribution in [1.82, 2.24) is 15.2 Å². The van der Waals surface area contributed by atoms with Gasteiger partial charge in [-0.15, -0.1) is 0 Å². The molecule has 2 heterocycles. The number of aromatic nitrogens is 3. The fraction of sp³-hybridized carbons (Fsp3) is 0.0769. The van der Waals surface area contributed by atoms with Gasteiger partial charge in [-0.05, 0) is 24.3 Å². The lowest BCUT2D eigenvalue weighted by Crippen LogP contribution is -1.98. The number of rotatable bonds is 3. The van der Waals surface area contributed by atoms with E-state index in [1.807, 2.05) is 0 Å². The van der Waals surface area contributed by atoms with Gasteiger partial charge in [0, 0.05) is 17.3 Å². The third-order valence-corrected chi connectivity index (χ3v) is 3.79. The van der Waals surface area contributed by atoms with Crippen LogP contribution in [0.3, 0.4) is 0 Å². The summed E-state index contributed by atoms with van der Waals surface area (Å²) in [6, 6.07) is 5.97. The summed E-state index contributed by atoms with van der Waals surface area (Å²) in [7, 11) is 0. The number of nitrogens with two attached hydrogens (primary N) is 1. The number of halogens is 1. The van der Waals surface area contributed by atoms with Crippen LogP contribution in [0, 0.1) is 5.82 Å². The number of hydrogen-bond acceptors (Lipinski definition) is 5. The maximum Gasteiger partial charge on any atom is 0.180 e. The molecule has 0 saturated carbocycles. The van der Waals surface area contributed by atoms with Crippen LogP contribution >= 0.6 is 11.3 Å². The third kappa shape index (κ3) is 2.28. The van der Waals surface area contributed by atoms with E-state index >= 15 is 0 Å². The molecule has 0 aliphatic heterocycles. The van der Waals surface area contributed by atoms with Gasteiger partial charge in [0.15, 0.2) is 5.13 Å². The van der Waals surface area contributed by atoms with Gasteiger partial charge < -0.3 is 10.8 Å². The second-order valence-corrected chi connectivity index (χ2v) is 5.30. The number of nitrogens with one attached hydrogen (secondary N) is 1. The fourth-order valence-electron chi connectivity index (χ4n) is 1.93. The minimum Gasteiger partial charge on any atom is -0.383 e. The molecule has 3 rings (SSSR count). The van der Waals surface area contributed by atoms with Gasteiger partial charge >= 0.3 is 0 Å². The highest BCUT2D eigenvalue weighted by molar-refractivity contribution is 7.15. The quantitative estimate of drug-likeness (QED) is 0.691. The van der Waals surface area contributed by atoms with Crippen LogP contribution in [-0.4, -0.2) is 20.3 Å². The first-order chi connectivity index (χ1) is 9.65. The maximum atomic E-state index is 13.0. The number of benzene rings is 1. The van der Waals surface area contributed by atoms with E-state index in [0.717, 1.165) is 5.56 Å². The highest BCUT2D eigenvalue weighted by atomic mass is 32.1. The molecule has 102 valence electrons. The summed E-state index contributed by atoms with van der Waals surface area (Å²) in [6.07, 6.45) is 2.20. The summed E-state index contributed by atoms with van der Waals surface area (Å²) in [5.74, 6) is -0.314. The molecule has 0 radical (unpaired) electrons. The van der Waals surface area contributed by atoms with E-state index in [2.05, 4.69) is 15.2 Å². The van der Waals surface area contributed by atoms with Crippen LogP contribution in [-0.2, 0) is 0 Å². The van der Waals surface area contributed by atoms with Gasteiger partial charge in [-0.2, -0.15) is 5.10 Å². The third-order valence-electron chi connectivity index (χ3n) is 2.91. The lowest BCUT2D eigenvalue weighted by molar-refractivity contribution is 0.224. The van der Waals surface area contributed by atoms with Crippen molar-refractivity contribution in [3.63, 3.8) is 0 Å². The Bertz CT molecular complexity index is 722. The molecule has 0 saturated heterocycles. The van der Waals surface area contributed by atoms with Crippen LogP contribution in [0.4, 0.5) is 9.52 Å². The first-order valence-electron chi connectivity index (χ1n) is 5.83. The number of nitrogen functional groups attached to an aromatic ring is 1. The van der Waals surface area contributed by atoms with Crippen LogP contribution in [0.1, 0.15) is 16.5 Å². The Kier molecular flexibility index (Phi) is 3.21. The summed E-state index contributed by atoms with van der Waals surface area (Å²) in [6.45, 7) is 0. The normalized spacial score (nSPS) is 12.5. The molecule has 20 heavy (non-hydrogen) atoms. The maximum absolute atomic E-state index is 13.0. The summed E-state index contributed by atoms with van der Waals surface area (Å²) < 4.78 is 13.0. The van der Waals surface area contributed by atoms with Gasteiger partial charge in [-0.3, -0.25) is 5.10 Å². The first kappa shape index (κ1) is 12.8. The van der Waals surface area contributed by atoms with Gasteiger partial charge in [0.25, 0.3) is 0 Å². The molecule has 2 aromatic heterocycles.